The molecule has 0 N–H and O–H groups in total. The predicted octanol–water partition coefficient (Wildman–Crippen LogP) is -3.24. The Morgan fingerprint density at radius 1 is 0.800 bits per heavy atom. The number of rotatable bonds is 0. The molecule has 1 radical (unpaired) electrons. The molecule has 0 fully saturated rings. The van der Waals surface area contributed by atoms with Crippen LogP contribution in [-0.4, -0.2) is 0 Å². The van der Waals surface area contributed by atoms with E-state index in [9.17, 15) is 0 Å². The Bertz CT molecular complexity index is 9.61. The van der Waals surface area contributed by atoms with E-state index in [0.717, 1.165) is 0 Å². The van der Waals surface area contributed by atoms with E-state index in [2.05, 4.69) is 0 Å². The van der Waals surface area contributed by atoms with Gasteiger partial charge in [0.1, 0.15) is 0 Å². The number of hydrogen-bond acceptors (Lipinski definition) is 0. The monoisotopic (exact) mass is 326 g/mol. The fourth-order valence-corrected chi connectivity index (χ4v) is 0. The van der Waals surface area contributed by atoms with Crippen LogP contribution in [0.5, 0.6) is 0 Å². The van der Waals surface area contributed by atoms with E-state index >= 15 is 0 Å². The molecule has 0 spiro atoms. The third-order valence-corrected chi connectivity index (χ3v) is 0. The van der Waals surface area contributed by atoms with Crippen molar-refractivity contribution in [2.45, 2.75) is 0 Å². The molecular formula is EuKO2Ru+3. The van der Waals surface area contributed by atoms with E-state index in [1.165, 1.54) is 0 Å². The summed E-state index contributed by atoms with van der Waals surface area (Å²) in [6.45, 7) is 0. The molecule has 0 rings (SSSR count). The van der Waals surface area contributed by atoms with Gasteiger partial charge in [0, 0.05) is 0 Å². The summed E-state index contributed by atoms with van der Waals surface area (Å²) in [6.07, 6.45) is 0. The fourth-order valence-electron chi connectivity index (χ4n) is 0. The topological polar surface area (TPSA) is 57.0 Å². The van der Waals surface area contributed by atoms with Crippen LogP contribution < -0.4 is 51.4 Å². The van der Waals surface area contributed by atoms with E-state index in [-0.39, 0.29) is 131 Å². The zero-order chi connectivity index (χ0) is 0. The van der Waals surface area contributed by atoms with Crippen LogP contribution in [0.2, 0.25) is 0 Å². The van der Waals surface area contributed by atoms with Crippen molar-refractivity contribution in [3.05, 3.63) is 0 Å². The van der Waals surface area contributed by atoms with E-state index in [0.29, 0.717) is 0 Å². The first kappa shape index (κ1) is 37.3. The molecule has 25 valence electrons. The maximum absolute atomic E-state index is 0. The fraction of sp³-hybridized carbons (Fsp3) is 0. The third kappa shape index (κ3) is 18.2. The van der Waals surface area contributed by atoms with Gasteiger partial charge in [-0.05, 0) is 0 Å². The Hall–Kier alpha value is 3.76. The average Bonchev–Trinajstić information content (AvgIpc) is 0. The zero-order valence-electron chi connectivity index (χ0n) is 2.55. The molecule has 0 heterocycles. The maximum Gasteiger partial charge on any atom is 3.00 e. The van der Waals surface area contributed by atoms with E-state index < -0.39 is 0 Å². The summed E-state index contributed by atoms with van der Waals surface area (Å²) in [5.74, 6) is 0. The smallest absolute Gasteiger partial charge is 2.00 e. The quantitative estimate of drug-likeness (QED) is 0.421. The molecule has 0 amide bonds. The molecule has 0 saturated heterocycles. The van der Waals surface area contributed by atoms with Crippen molar-refractivity contribution >= 4 is 0 Å². The summed E-state index contributed by atoms with van der Waals surface area (Å²) in [4.78, 5) is 0. The second-order valence-corrected chi connectivity index (χ2v) is 0. The SMILES string of the molecule is [Eu+3].[K+].[O-2].[O-2].[Ru+3]. The van der Waals surface area contributed by atoms with Gasteiger partial charge >= 0.3 is 120 Å². The summed E-state index contributed by atoms with van der Waals surface area (Å²) in [6, 6.07) is 0. The van der Waals surface area contributed by atoms with Crippen molar-refractivity contribution in [3.63, 3.8) is 0 Å². The summed E-state index contributed by atoms with van der Waals surface area (Å²) in [5, 5.41) is 0. The molecule has 0 aliphatic carbocycles. The summed E-state index contributed by atoms with van der Waals surface area (Å²) in [7, 11) is 0. The molecule has 5 heavy (non-hydrogen) atoms. The minimum Gasteiger partial charge on any atom is -2.00 e. The Balaban J connectivity index is 0. The molecule has 0 aromatic heterocycles. The van der Waals surface area contributed by atoms with Crippen LogP contribution in [0.1, 0.15) is 0 Å². The molecule has 5 heteroatoms. The van der Waals surface area contributed by atoms with Gasteiger partial charge in [-0.1, -0.05) is 0 Å². The molecule has 0 saturated carbocycles. The van der Waals surface area contributed by atoms with Crippen LogP contribution in [0, 0.1) is 49.4 Å². The van der Waals surface area contributed by atoms with E-state index in [1.54, 1.807) is 0 Å². The summed E-state index contributed by atoms with van der Waals surface area (Å²) < 4.78 is 0. The van der Waals surface area contributed by atoms with Crippen molar-refractivity contribution in [2.24, 2.45) is 0 Å². The molecule has 0 aliphatic heterocycles. The Labute approximate surface area is 127 Å². The summed E-state index contributed by atoms with van der Waals surface area (Å²) in [5.41, 5.74) is 0. The van der Waals surface area contributed by atoms with Gasteiger partial charge < -0.3 is 11.0 Å². The van der Waals surface area contributed by atoms with Gasteiger partial charge in [0.2, 0.25) is 0 Å². The maximum atomic E-state index is 0. The number of hydrogen-bond donors (Lipinski definition) is 0. The Morgan fingerprint density at radius 2 is 0.800 bits per heavy atom. The molecule has 0 aliphatic rings. The van der Waals surface area contributed by atoms with Crippen LogP contribution in [-0.2, 0) is 30.4 Å². The first-order valence-corrected chi connectivity index (χ1v) is 0. The van der Waals surface area contributed by atoms with Gasteiger partial charge in [-0.25, -0.2) is 0 Å². The van der Waals surface area contributed by atoms with Crippen LogP contribution in [0.3, 0.4) is 0 Å². The van der Waals surface area contributed by atoms with Crippen molar-refractivity contribution in [3.8, 4) is 0 Å². The summed E-state index contributed by atoms with van der Waals surface area (Å²) >= 11 is 0. The van der Waals surface area contributed by atoms with Gasteiger partial charge in [0.15, 0.2) is 0 Å². The minimum atomic E-state index is 0. The molecule has 0 bridgehead atoms. The Kier molecular flexibility index (Phi) is 187. The van der Waals surface area contributed by atoms with Crippen molar-refractivity contribution in [2.75, 3.05) is 0 Å². The van der Waals surface area contributed by atoms with Gasteiger partial charge in [0.25, 0.3) is 0 Å². The molecule has 0 aromatic carbocycles. The molecule has 0 unspecified atom stereocenters. The second kappa shape index (κ2) is 25.1. The zero-order valence-corrected chi connectivity index (χ0v) is 9.83. The standard InChI is InChI=1S/Eu.K.2O.Ru/q+3;+1;2*-2;+3. The van der Waals surface area contributed by atoms with Gasteiger partial charge in [0.05, 0.1) is 0 Å². The van der Waals surface area contributed by atoms with Crippen LogP contribution in [0.25, 0.3) is 0 Å². The second-order valence-electron chi connectivity index (χ2n) is 0. The molecule has 2 nitrogen and oxygen atoms in total. The first-order chi connectivity index (χ1) is 0. The molecular weight excluding hydrogens is 324 g/mol. The van der Waals surface area contributed by atoms with Crippen molar-refractivity contribution < 1.29 is 131 Å². The average molecular weight is 324 g/mol. The van der Waals surface area contributed by atoms with Gasteiger partial charge in [-0.2, -0.15) is 0 Å². The van der Waals surface area contributed by atoms with Gasteiger partial charge in [-0.15, -0.1) is 0 Å². The first-order valence-electron chi connectivity index (χ1n) is 0. The van der Waals surface area contributed by atoms with Crippen molar-refractivity contribution in [1.29, 1.82) is 0 Å². The third-order valence-electron chi connectivity index (χ3n) is 0. The van der Waals surface area contributed by atoms with Crippen molar-refractivity contribution in [1.82, 2.24) is 0 Å². The van der Waals surface area contributed by atoms with Gasteiger partial charge in [-0.3, -0.25) is 0 Å². The predicted molar refractivity (Wildman–Crippen MR) is 1.37 cm³/mol. The van der Waals surface area contributed by atoms with Crippen LogP contribution in [0.15, 0.2) is 0 Å². The van der Waals surface area contributed by atoms with Crippen LogP contribution in [0.4, 0.5) is 0 Å². The van der Waals surface area contributed by atoms with E-state index in [1.807, 2.05) is 0 Å². The minimum absolute atomic E-state index is 0. The molecule has 0 atom stereocenters. The molecule has 0 aromatic rings. The van der Waals surface area contributed by atoms with Crippen LogP contribution >= 0.6 is 0 Å². The normalized spacial score (nSPS) is 0. The Morgan fingerprint density at radius 3 is 0.800 bits per heavy atom. The van der Waals surface area contributed by atoms with E-state index in [4.69, 9.17) is 0 Å². The largest absolute Gasteiger partial charge is 3.00 e.